The van der Waals surface area contributed by atoms with Gasteiger partial charge in [-0.3, -0.25) is 0 Å². The van der Waals surface area contributed by atoms with Crippen LogP contribution in [-0.2, 0) is 6.42 Å². The van der Waals surface area contributed by atoms with Gasteiger partial charge in [0.15, 0.2) is 0 Å². The number of thiazole rings is 1. The molecule has 13 heavy (non-hydrogen) atoms. The number of aromatic nitrogens is 1. The average Bonchev–Trinajstić information content (AvgIpc) is 2.53. The highest BCUT2D eigenvalue weighted by molar-refractivity contribution is 7.09. The third-order valence-corrected chi connectivity index (χ3v) is 2.70. The molecule has 0 aliphatic rings. The number of nitrogens with zero attached hydrogens (tertiary/aromatic N) is 1. The minimum absolute atomic E-state index is 0.871. The average molecular weight is 188 g/mol. The Morgan fingerprint density at radius 3 is 2.62 bits per heavy atom. The summed E-state index contributed by atoms with van der Waals surface area (Å²) in [5, 5.41) is 3.12. The lowest BCUT2D eigenvalue weighted by atomic mass is 10.2. The minimum Gasteiger partial charge on any atom is -0.246 e. The zero-order valence-corrected chi connectivity index (χ0v) is 8.05. The Morgan fingerprint density at radius 1 is 1.23 bits per heavy atom. The molecule has 1 heterocycles. The predicted octanol–water partition coefficient (Wildman–Crippen LogP) is 2.92. The van der Waals surface area contributed by atoms with E-state index >= 15 is 0 Å². The monoisotopic (exact) mass is 188 g/mol. The molecule has 2 aromatic rings. The van der Waals surface area contributed by atoms with Gasteiger partial charge in [0.1, 0.15) is 0 Å². The third kappa shape index (κ3) is 2.16. The van der Waals surface area contributed by atoms with Crippen LogP contribution in [0.2, 0.25) is 0 Å². The van der Waals surface area contributed by atoms with Crippen molar-refractivity contribution in [1.82, 2.24) is 4.98 Å². The molecule has 0 bridgehead atoms. The lowest BCUT2D eigenvalue weighted by Crippen LogP contribution is -1.85. The standard InChI is InChI=1S/C11H10NS/c1-9-8-13-11(12-9)7-10-5-3-2-4-6-10/h2-6,8H,1,7H2. The third-order valence-electron chi connectivity index (χ3n) is 1.80. The molecule has 1 nitrogen and oxygen atoms in total. The van der Waals surface area contributed by atoms with Crippen molar-refractivity contribution in [2.24, 2.45) is 0 Å². The summed E-state index contributed by atoms with van der Waals surface area (Å²) < 4.78 is 0. The fourth-order valence-corrected chi connectivity index (χ4v) is 1.95. The van der Waals surface area contributed by atoms with Gasteiger partial charge in [-0.1, -0.05) is 30.3 Å². The van der Waals surface area contributed by atoms with Crippen molar-refractivity contribution in [2.75, 3.05) is 0 Å². The van der Waals surface area contributed by atoms with E-state index in [4.69, 9.17) is 0 Å². The van der Waals surface area contributed by atoms with E-state index in [0.717, 1.165) is 17.1 Å². The molecule has 0 aliphatic heterocycles. The molecule has 0 saturated heterocycles. The highest BCUT2D eigenvalue weighted by atomic mass is 32.1. The largest absolute Gasteiger partial charge is 0.246 e. The summed E-state index contributed by atoms with van der Waals surface area (Å²) in [6.45, 7) is 3.78. The minimum atomic E-state index is 0.871. The molecule has 1 radical (unpaired) electrons. The second kappa shape index (κ2) is 3.71. The Labute approximate surface area is 82.1 Å². The van der Waals surface area contributed by atoms with Crippen molar-refractivity contribution in [3.63, 3.8) is 0 Å². The summed E-state index contributed by atoms with van der Waals surface area (Å²) >= 11 is 1.67. The zero-order valence-electron chi connectivity index (χ0n) is 7.23. The van der Waals surface area contributed by atoms with Crippen LogP contribution in [0.25, 0.3) is 0 Å². The van der Waals surface area contributed by atoms with Crippen LogP contribution in [0.3, 0.4) is 0 Å². The quantitative estimate of drug-likeness (QED) is 0.706. The van der Waals surface area contributed by atoms with Gasteiger partial charge in [-0.15, -0.1) is 11.3 Å². The van der Waals surface area contributed by atoms with Gasteiger partial charge in [0.2, 0.25) is 0 Å². The van der Waals surface area contributed by atoms with Crippen molar-refractivity contribution in [2.45, 2.75) is 6.42 Å². The van der Waals surface area contributed by atoms with Crippen LogP contribution in [-0.4, -0.2) is 4.98 Å². The Morgan fingerprint density at radius 2 is 2.00 bits per heavy atom. The van der Waals surface area contributed by atoms with E-state index in [1.807, 2.05) is 23.6 Å². The van der Waals surface area contributed by atoms with Crippen LogP contribution in [0.1, 0.15) is 16.3 Å². The van der Waals surface area contributed by atoms with Crippen molar-refractivity contribution >= 4 is 11.3 Å². The highest BCUT2D eigenvalue weighted by Crippen LogP contribution is 2.13. The van der Waals surface area contributed by atoms with Crippen LogP contribution in [0.5, 0.6) is 0 Å². The van der Waals surface area contributed by atoms with Crippen molar-refractivity contribution in [1.29, 1.82) is 0 Å². The summed E-state index contributed by atoms with van der Waals surface area (Å²) in [4.78, 5) is 4.31. The molecular weight excluding hydrogens is 178 g/mol. The predicted molar refractivity (Wildman–Crippen MR) is 55.8 cm³/mol. The van der Waals surface area contributed by atoms with E-state index in [1.165, 1.54) is 5.56 Å². The fourth-order valence-electron chi connectivity index (χ4n) is 1.20. The molecule has 0 aliphatic carbocycles. The number of hydrogen-bond donors (Lipinski definition) is 0. The Hall–Kier alpha value is -1.15. The Balaban J connectivity index is 2.15. The molecule has 0 saturated carbocycles. The summed E-state index contributed by atoms with van der Waals surface area (Å²) in [6, 6.07) is 10.4. The van der Waals surface area contributed by atoms with Crippen LogP contribution in [0.4, 0.5) is 0 Å². The molecule has 65 valence electrons. The maximum atomic E-state index is 4.31. The lowest BCUT2D eigenvalue weighted by Gasteiger charge is -1.95. The van der Waals surface area contributed by atoms with Gasteiger partial charge < -0.3 is 0 Å². The van der Waals surface area contributed by atoms with Crippen molar-refractivity contribution in [3.8, 4) is 0 Å². The molecule has 1 aromatic carbocycles. The second-order valence-electron chi connectivity index (χ2n) is 2.89. The SMILES string of the molecule is [CH2]c1csc(Cc2ccccc2)n1. The Kier molecular flexibility index (Phi) is 2.41. The maximum absolute atomic E-state index is 4.31. The van der Waals surface area contributed by atoms with E-state index in [1.54, 1.807) is 11.3 Å². The summed E-state index contributed by atoms with van der Waals surface area (Å²) in [5.41, 5.74) is 2.17. The van der Waals surface area contributed by atoms with Gasteiger partial charge in [-0.05, 0) is 12.5 Å². The topological polar surface area (TPSA) is 12.9 Å². The van der Waals surface area contributed by atoms with E-state index < -0.39 is 0 Å². The first-order chi connectivity index (χ1) is 6.34. The van der Waals surface area contributed by atoms with E-state index in [2.05, 4.69) is 24.0 Å². The molecular formula is C11H10NS. The second-order valence-corrected chi connectivity index (χ2v) is 3.84. The first-order valence-corrected chi connectivity index (χ1v) is 5.03. The van der Waals surface area contributed by atoms with Gasteiger partial charge in [-0.25, -0.2) is 4.98 Å². The first kappa shape index (κ1) is 8.45. The number of benzene rings is 1. The molecule has 1 aromatic heterocycles. The summed E-state index contributed by atoms with van der Waals surface area (Å²) in [7, 11) is 0. The molecule has 0 N–H and O–H groups in total. The van der Waals surface area contributed by atoms with Crippen LogP contribution in [0, 0.1) is 6.92 Å². The molecule has 0 spiro atoms. The molecule has 0 fully saturated rings. The fraction of sp³-hybridized carbons (Fsp3) is 0.0909. The molecule has 0 atom stereocenters. The van der Waals surface area contributed by atoms with Crippen molar-refractivity contribution in [3.05, 3.63) is 58.9 Å². The van der Waals surface area contributed by atoms with E-state index in [0.29, 0.717) is 0 Å². The smallest absolute Gasteiger partial charge is 0.0972 e. The van der Waals surface area contributed by atoms with E-state index in [-0.39, 0.29) is 0 Å². The summed E-state index contributed by atoms with van der Waals surface area (Å²) in [6.07, 6.45) is 0.918. The van der Waals surface area contributed by atoms with Crippen LogP contribution < -0.4 is 0 Å². The Bertz CT molecular complexity index is 378. The van der Waals surface area contributed by atoms with Crippen LogP contribution >= 0.6 is 11.3 Å². The maximum Gasteiger partial charge on any atom is 0.0972 e. The number of rotatable bonds is 2. The zero-order chi connectivity index (χ0) is 9.10. The van der Waals surface area contributed by atoms with Gasteiger partial charge in [0, 0.05) is 11.8 Å². The molecule has 2 heteroatoms. The lowest BCUT2D eigenvalue weighted by molar-refractivity contribution is 1.12. The molecule has 0 amide bonds. The van der Waals surface area contributed by atoms with Crippen molar-refractivity contribution < 1.29 is 0 Å². The van der Waals surface area contributed by atoms with Gasteiger partial charge in [0.05, 0.1) is 10.7 Å². The highest BCUT2D eigenvalue weighted by Gasteiger charge is 1.99. The normalized spacial score (nSPS) is 10.2. The summed E-state index contributed by atoms with van der Waals surface area (Å²) in [5.74, 6) is 0. The van der Waals surface area contributed by atoms with Gasteiger partial charge >= 0.3 is 0 Å². The van der Waals surface area contributed by atoms with Crippen LogP contribution in [0.15, 0.2) is 35.7 Å². The van der Waals surface area contributed by atoms with Gasteiger partial charge in [0.25, 0.3) is 0 Å². The van der Waals surface area contributed by atoms with Gasteiger partial charge in [-0.2, -0.15) is 0 Å². The first-order valence-electron chi connectivity index (χ1n) is 4.15. The van der Waals surface area contributed by atoms with E-state index in [9.17, 15) is 0 Å². The number of hydrogen-bond acceptors (Lipinski definition) is 2. The molecule has 2 rings (SSSR count). The molecule has 0 unspecified atom stereocenters.